The molecule has 3 nitrogen and oxygen atoms in total. The molecule has 0 spiro atoms. The molecule has 0 heterocycles. The number of benzene rings is 2. The third-order valence-electron chi connectivity index (χ3n) is 2.81. The van der Waals surface area contributed by atoms with Gasteiger partial charge < -0.3 is 9.84 Å². The van der Waals surface area contributed by atoms with Gasteiger partial charge in [0.1, 0.15) is 5.75 Å². The van der Waals surface area contributed by atoms with Crippen LogP contribution in [-0.4, -0.2) is 11.1 Å². The maximum Gasteiger partial charge on any atom is 0.416 e. The van der Waals surface area contributed by atoms with Crippen molar-refractivity contribution in [3.05, 3.63) is 64.7 Å². The maximum absolute atomic E-state index is 12.6. The highest BCUT2D eigenvalue weighted by Crippen LogP contribution is 2.32. The highest BCUT2D eigenvalue weighted by atomic mass is 35.5. The Bertz CT molecular complexity index is 668. The number of hydrogen-bond donors (Lipinski definition) is 1. The van der Waals surface area contributed by atoms with Crippen molar-refractivity contribution in [2.24, 2.45) is 0 Å². The Morgan fingerprint density at radius 1 is 1.14 bits per heavy atom. The molecule has 0 unspecified atom stereocenters. The second kappa shape index (κ2) is 6.27. The quantitative estimate of drug-likeness (QED) is 0.893. The van der Waals surface area contributed by atoms with Crippen molar-refractivity contribution in [1.82, 2.24) is 0 Å². The van der Waals surface area contributed by atoms with E-state index in [1.54, 1.807) is 0 Å². The highest BCUT2D eigenvalue weighted by molar-refractivity contribution is 6.30. The van der Waals surface area contributed by atoms with Crippen LogP contribution in [0.1, 0.15) is 17.2 Å². The number of carboxylic acid groups (broad SMARTS) is 1. The molecule has 116 valence electrons. The van der Waals surface area contributed by atoms with E-state index in [4.69, 9.17) is 16.3 Å². The number of aliphatic carboxylic acids is 1. The average Bonchev–Trinajstić information content (AvgIpc) is 2.45. The minimum atomic E-state index is -4.53. The van der Waals surface area contributed by atoms with Crippen molar-refractivity contribution < 1.29 is 27.8 Å². The first-order valence-electron chi connectivity index (χ1n) is 6.09. The number of halogens is 4. The molecule has 0 radical (unpaired) electrons. The zero-order valence-corrected chi connectivity index (χ0v) is 11.7. The first kappa shape index (κ1) is 16.2. The summed E-state index contributed by atoms with van der Waals surface area (Å²) in [5, 5.41) is 9.62. The van der Waals surface area contributed by atoms with Crippen LogP contribution in [0.15, 0.2) is 48.5 Å². The lowest BCUT2D eigenvalue weighted by atomic mass is 10.1. The molecule has 2 aromatic rings. The number of rotatable bonds is 4. The lowest BCUT2D eigenvalue weighted by Crippen LogP contribution is -2.18. The van der Waals surface area contributed by atoms with Gasteiger partial charge in [-0.25, -0.2) is 4.79 Å². The number of alkyl halides is 3. The largest absolute Gasteiger partial charge is 0.478 e. The number of carbonyl (C=O) groups is 1. The fourth-order valence-electron chi connectivity index (χ4n) is 1.78. The summed E-state index contributed by atoms with van der Waals surface area (Å²) in [4.78, 5) is 11.3. The molecule has 22 heavy (non-hydrogen) atoms. The Morgan fingerprint density at radius 3 is 2.32 bits per heavy atom. The fraction of sp³-hybridized carbons (Fsp3) is 0.133. The van der Waals surface area contributed by atoms with E-state index in [0.29, 0.717) is 5.02 Å². The monoisotopic (exact) mass is 330 g/mol. The van der Waals surface area contributed by atoms with E-state index in [1.165, 1.54) is 30.3 Å². The normalized spacial score (nSPS) is 12.7. The van der Waals surface area contributed by atoms with Gasteiger partial charge in [-0.3, -0.25) is 0 Å². The van der Waals surface area contributed by atoms with E-state index in [1.807, 2.05) is 0 Å². The van der Waals surface area contributed by atoms with Crippen LogP contribution in [0.5, 0.6) is 5.75 Å². The molecule has 0 saturated carbocycles. The third-order valence-corrected chi connectivity index (χ3v) is 3.06. The second-order valence-electron chi connectivity index (χ2n) is 4.41. The predicted octanol–water partition coefficient (Wildman–Crippen LogP) is 4.56. The lowest BCUT2D eigenvalue weighted by molar-refractivity contribution is -0.145. The first-order valence-corrected chi connectivity index (χ1v) is 6.47. The summed E-state index contributed by atoms with van der Waals surface area (Å²) in [6.07, 6.45) is -5.96. The summed E-state index contributed by atoms with van der Waals surface area (Å²) >= 11 is 5.71. The van der Waals surface area contributed by atoms with Crippen LogP contribution in [0, 0.1) is 0 Å². The van der Waals surface area contributed by atoms with Gasteiger partial charge in [0.25, 0.3) is 0 Å². The zero-order valence-electron chi connectivity index (χ0n) is 11.0. The molecule has 2 rings (SSSR count). The van der Waals surface area contributed by atoms with Crippen molar-refractivity contribution in [2.45, 2.75) is 12.3 Å². The molecule has 0 saturated heterocycles. The van der Waals surface area contributed by atoms with E-state index in [0.717, 1.165) is 18.2 Å². The Morgan fingerprint density at radius 2 is 1.77 bits per heavy atom. The Balaban J connectivity index is 2.29. The smallest absolute Gasteiger partial charge is 0.416 e. The van der Waals surface area contributed by atoms with Gasteiger partial charge in [-0.15, -0.1) is 0 Å². The van der Waals surface area contributed by atoms with Crippen molar-refractivity contribution in [2.75, 3.05) is 0 Å². The minimum absolute atomic E-state index is 0.183. The molecule has 0 aromatic heterocycles. The van der Waals surface area contributed by atoms with E-state index in [9.17, 15) is 23.1 Å². The molecule has 7 heteroatoms. The SMILES string of the molecule is O=C(O)[C@H](Oc1cccc(C(F)(F)F)c1)c1ccc(Cl)cc1. The van der Waals surface area contributed by atoms with E-state index in [2.05, 4.69) is 0 Å². The Hall–Kier alpha value is -2.21. The van der Waals surface area contributed by atoms with Crippen LogP contribution in [-0.2, 0) is 11.0 Å². The summed E-state index contributed by atoms with van der Waals surface area (Å²) in [7, 11) is 0. The van der Waals surface area contributed by atoms with Crippen LogP contribution in [0.2, 0.25) is 5.02 Å². The lowest BCUT2D eigenvalue weighted by Gasteiger charge is -2.16. The van der Waals surface area contributed by atoms with Gasteiger partial charge in [-0.1, -0.05) is 29.8 Å². The van der Waals surface area contributed by atoms with Crippen molar-refractivity contribution in [1.29, 1.82) is 0 Å². The molecule has 0 aliphatic carbocycles. The zero-order chi connectivity index (χ0) is 16.3. The van der Waals surface area contributed by atoms with Crippen LogP contribution < -0.4 is 4.74 Å². The van der Waals surface area contributed by atoms with Crippen LogP contribution in [0.4, 0.5) is 13.2 Å². The number of carboxylic acids is 1. The highest BCUT2D eigenvalue weighted by Gasteiger charge is 2.31. The molecule has 1 N–H and O–H groups in total. The van der Waals surface area contributed by atoms with Crippen molar-refractivity contribution >= 4 is 17.6 Å². The van der Waals surface area contributed by atoms with Gasteiger partial charge in [-0.2, -0.15) is 13.2 Å². The van der Waals surface area contributed by atoms with Gasteiger partial charge in [0.2, 0.25) is 6.10 Å². The van der Waals surface area contributed by atoms with Gasteiger partial charge in [0.05, 0.1) is 5.56 Å². The van der Waals surface area contributed by atoms with Gasteiger partial charge in [0.15, 0.2) is 0 Å². The summed E-state index contributed by atoms with van der Waals surface area (Å²) in [5.41, 5.74) is -0.639. The van der Waals surface area contributed by atoms with E-state index >= 15 is 0 Å². The topological polar surface area (TPSA) is 46.5 Å². The van der Waals surface area contributed by atoms with Crippen LogP contribution in [0.25, 0.3) is 0 Å². The minimum Gasteiger partial charge on any atom is -0.478 e. The summed E-state index contributed by atoms with van der Waals surface area (Å²) in [6, 6.07) is 9.88. The molecule has 1 atom stereocenters. The van der Waals surface area contributed by atoms with Crippen molar-refractivity contribution in [3.63, 3.8) is 0 Å². The summed E-state index contributed by atoms with van der Waals surface area (Å²) in [6.45, 7) is 0. The second-order valence-corrected chi connectivity index (χ2v) is 4.85. The van der Waals surface area contributed by atoms with E-state index in [-0.39, 0.29) is 11.3 Å². The molecule has 0 fully saturated rings. The first-order chi connectivity index (χ1) is 10.3. The van der Waals surface area contributed by atoms with Gasteiger partial charge in [-0.05, 0) is 30.3 Å². The molecular formula is C15H10ClF3O3. The van der Waals surface area contributed by atoms with Crippen LogP contribution in [0.3, 0.4) is 0 Å². The molecule has 0 aliphatic heterocycles. The fourth-order valence-corrected chi connectivity index (χ4v) is 1.91. The average molecular weight is 331 g/mol. The van der Waals surface area contributed by atoms with Gasteiger partial charge in [0, 0.05) is 10.6 Å². The standard InChI is InChI=1S/C15H10ClF3O3/c16-11-6-4-9(5-7-11)13(14(20)21)22-12-3-1-2-10(8-12)15(17,18)19/h1-8,13H,(H,20,21)/t13-/m1/s1. The number of ether oxygens (including phenoxy) is 1. The molecular weight excluding hydrogens is 321 g/mol. The molecule has 0 aliphatic rings. The molecule has 0 amide bonds. The Kier molecular flexibility index (Phi) is 4.61. The third kappa shape index (κ3) is 3.92. The van der Waals surface area contributed by atoms with Crippen LogP contribution >= 0.6 is 11.6 Å². The summed E-state index contributed by atoms with van der Waals surface area (Å²) < 4.78 is 43.1. The molecule has 2 aromatic carbocycles. The van der Waals surface area contributed by atoms with E-state index < -0.39 is 23.8 Å². The summed E-state index contributed by atoms with van der Waals surface area (Å²) in [5.74, 6) is -1.50. The van der Waals surface area contributed by atoms with Gasteiger partial charge >= 0.3 is 12.1 Å². The maximum atomic E-state index is 12.6. The van der Waals surface area contributed by atoms with Crippen molar-refractivity contribution in [3.8, 4) is 5.75 Å². The Labute approximate surface area is 128 Å². The molecule has 0 bridgehead atoms. The predicted molar refractivity (Wildman–Crippen MR) is 73.9 cm³/mol. The number of hydrogen-bond acceptors (Lipinski definition) is 2.